The van der Waals surface area contributed by atoms with Crippen LogP contribution >= 0.6 is 11.6 Å². The Morgan fingerprint density at radius 3 is 2.31 bits per heavy atom. The standard InChI is InChI=1S/C18H16ClNO5S/c1-23-15-7-5-12(9-16(15)24-2)26(21,22)17-10-20-14-8-11(19)4-6-13(14)18(17)25-3/h4-10H,1-3H3. The van der Waals surface area contributed by atoms with Gasteiger partial charge in [0.15, 0.2) is 11.5 Å². The Morgan fingerprint density at radius 1 is 0.923 bits per heavy atom. The van der Waals surface area contributed by atoms with Crippen LogP contribution in [0.2, 0.25) is 5.02 Å². The summed E-state index contributed by atoms with van der Waals surface area (Å²) < 4.78 is 42.0. The van der Waals surface area contributed by atoms with E-state index in [-0.39, 0.29) is 15.5 Å². The van der Waals surface area contributed by atoms with Crippen LogP contribution in [0, 0.1) is 0 Å². The molecule has 0 saturated carbocycles. The number of hydrogen-bond acceptors (Lipinski definition) is 6. The molecule has 3 aromatic rings. The average Bonchev–Trinajstić information content (AvgIpc) is 2.65. The summed E-state index contributed by atoms with van der Waals surface area (Å²) in [6.07, 6.45) is 1.27. The number of nitrogens with zero attached hydrogens (tertiary/aromatic N) is 1. The average molecular weight is 394 g/mol. The topological polar surface area (TPSA) is 74.7 Å². The fourth-order valence-corrected chi connectivity index (χ4v) is 4.19. The number of methoxy groups -OCH3 is 3. The Bertz CT molecular complexity index is 1080. The van der Waals surface area contributed by atoms with Crippen molar-refractivity contribution in [3.8, 4) is 17.2 Å². The third-order valence-electron chi connectivity index (χ3n) is 3.91. The summed E-state index contributed by atoms with van der Waals surface area (Å²) in [4.78, 5) is 4.22. The minimum Gasteiger partial charge on any atom is -0.495 e. The highest BCUT2D eigenvalue weighted by molar-refractivity contribution is 7.91. The lowest BCUT2D eigenvalue weighted by Gasteiger charge is -2.13. The summed E-state index contributed by atoms with van der Waals surface area (Å²) in [6.45, 7) is 0. The van der Waals surface area contributed by atoms with Crippen LogP contribution in [0.4, 0.5) is 0 Å². The second-order valence-corrected chi connectivity index (χ2v) is 7.69. The first-order chi connectivity index (χ1) is 12.4. The van der Waals surface area contributed by atoms with E-state index in [1.165, 1.54) is 45.7 Å². The van der Waals surface area contributed by atoms with Gasteiger partial charge in [0.25, 0.3) is 0 Å². The lowest BCUT2D eigenvalue weighted by atomic mass is 10.2. The number of hydrogen-bond donors (Lipinski definition) is 0. The molecule has 0 radical (unpaired) electrons. The number of benzene rings is 2. The van der Waals surface area contributed by atoms with E-state index >= 15 is 0 Å². The van der Waals surface area contributed by atoms with Crippen molar-refractivity contribution in [2.75, 3.05) is 21.3 Å². The second kappa shape index (κ2) is 7.01. The molecule has 0 aliphatic rings. The first kappa shape index (κ1) is 18.3. The first-order valence-corrected chi connectivity index (χ1v) is 9.38. The molecule has 136 valence electrons. The Labute approximate surface area is 156 Å². The highest BCUT2D eigenvalue weighted by Crippen LogP contribution is 2.37. The Balaban J connectivity index is 2.23. The van der Waals surface area contributed by atoms with Gasteiger partial charge in [-0.1, -0.05) is 11.6 Å². The monoisotopic (exact) mass is 393 g/mol. The maximum atomic E-state index is 13.1. The molecular formula is C18H16ClNO5S. The number of fused-ring (bicyclic) bond motifs is 1. The van der Waals surface area contributed by atoms with E-state index in [1.807, 2.05) is 0 Å². The van der Waals surface area contributed by atoms with Gasteiger partial charge in [0, 0.05) is 16.5 Å². The zero-order valence-electron chi connectivity index (χ0n) is 14.3. The summed E-state index contributed by atoms with van der Waals surface area (Å²) >= 11 is 5.98. The molecule has 0 unspecified atom stereocenters. The third-order valence-corrected chi connectivity index (χ3v) is 5.89. The molecule has 1 heterocycles. The number of pyridine rings is 1. The van der Waals surface area contributed by atoms with Gasteiger partial charge in [0.1, 0.15) is 10.6 Å². The molecule has 0 atom stereocenters. The van der Waals surface area contributed by atoms with Crippen LogP contribution in [-0.2, 0) is 9.84 Å². The van der Waals surface area contributed by atoms with Crippen molar-refractivity contribution < 1.29 is 22.6 Å². The lowest BCUT2D eigenvalue weighted by molar-refractivity contribution is 0.354. The van der Waals surface area contributed by atoms with E-state index in [0.29, 0.717) is 27.4 Å². The van der Waals surface area contributed by atoms with Crippen LogP contribution in [0.15, 0.2) is 52.4 Å². The van der Waals surface area contributed by atoms with Crippen LogP contribution < -0.4 is 14.2 Å². The van der Waals surface area contributed by atoms with E-state index < -0.39 is 9.84 Å². The number of sulfone groups is 1. The molecule has 0 fully saturated rings. The summed E-state index contributed by atoms with van der Waals surface area (Å²) in [5.74, 6) is 0.958. The van der Waals surface area contributed by atoms with Crippen molar-refractivity contribution >= 4 is 32.3 Å². The van der Waals surface area contributed by atoms with Crippen molar-refractivity contribution in [2.45, 2.75) is 9.79 Å². The van der Waals surface area contributed by atoms with Crippen LogP contribution in [0.3, 0.4) is 0 Å². The Hall–Kier alpha value is -2.51. The maximum absolute atomic E-state index is 13.1. The molecule has 0 spiro atoms. The molecular weight excluding hydrogens is 378 g/mol. The van der Waals surface area contributed by atoms with Gasteiger partial charge in [-0.05, 0) is 30.3 Å². The van der Waals surface area contributed by atoms with Crippen molar-refractivity contribution in [1.29, 1.82) is 0 Å². The maximum Gasteiger partial charge on any atom is 0.211 e. The highest BCUT2D eigenvalue weighted by atomic mass is 35.5. The van der Waals surface area contributed by atoms with Gasteiger partial charge in [-0.25, -0.2) is 8.42 Å². The zero-order chi connectivity index (χ0) is 18.9. The molecule has 26 heavy (non-hydrogen) atoms. The van der Waals surface area contributed by atoms with Gasteiger partial charge in [0.05, 0.1) is 37.9 Å². The number of ether oxygens (including phenoxy) is 3. The predicted octanol–water partition coefficient (Wildman–Crippen LogP) is 3.75. The van der Waals surface area contributed by atoms with Crippen molar-refractivity contribution in [1.82, 2.24) is 4.98 Å². The number of aromatic nitrogens is 1. The minimum absolute atomic E-state index is 0.0398. The molecule has 6 nitrogen and oxygen atoms in total. The van der Waals surface area contributed by atoms with Crippen molar-refractivity contribution in [3.63, 3.8) is 0 Å². The van der Waals surface area contributed by atoms with Crippen molar-refractivity contribution in [3.05, 3.63) is 47.6 Å². The predicted molar refractivity (Wildman–Crippen MR) is 98.3 cm³/mol. The number of halogens is 1. The summed E-state index contributed by atoms with van der Waals surface area (Å²) in [7, 11) is 0.437. The Kier molecular flexibility index (Phi) is 4.93. The minimum atomic E-state index is -3.90. The van der Waals surface area contributed by atoms with Gasteiger partial charge >= 0.3 is 0 Å². The van der Waals surface area contributed by atoms with Crippen LogP contribution in [0.1, 0.15) is 0 Å². The van der Waals surface area contributed by atoms with Gasteiger partial charge in [-0.3, -0.25) is 4.98 Å². The molecule has 0 saturated heterocycles. The van der Waals surface area contributed by atoms with E-state index in [2.05, 4.69) is 4.98 Å². The van der Waals surface area contributed by atoms with Gasteiger partial charge in [-0.2, -0.15) is 0 Å². The van der Waals surface area contributed by atoms with E-state index in [4.69, 9.17) is 25.8 Å². The molecule has 0 aliphatic carbocycles. The SMILES string of the molecule is COc1ccc(S(=O)(=O)c2cnc3cc(Cl)ccc3c2OC)cc1OC. The van der Waals surface area contributed by atoms with Crippen molar-refractivity contribution in [2.24, 2.45) is 0 Å². The number of rotatable bonds is 5. The fourth-order valence-electron chi connectivity index (χ4n) is 2.64. The second-order valence-electron chi connectivity index (χ2n) is 5.34. The largest absolute Gasteiger partial charge is 0.495 e. The molecule has 3 rings (SSSR count). The zero-order valence-corrected chi connectivity index (χ0v) is 15.9. The van der Waals surface area contributed by atoms with Gasteiger partial charge in [-0.15, -0.1) is 0 Å². The quantitative estimate of drug-likeness (QED) is 0.657. The molecule has 8 heteroatoms. The summed E-state index contributed by atoms with van der Waals surface area (Å²) in [5, 5.41) is 1.06. The summed E-state index contributed by atoms with van der Waals surface area (Å²) in [5.41, 5.74) is 0.542. The van der Waals surface area contributed by atoms with Gasteiger partial charge in [0.2, 0.25) is 9.84 Å². The molecule has 0 bridgehead atoms. The summed E-state index contributed by atoms with van der Waals surface area (Å²) in [6, 6.07) is 9.36. The molecule has 0 aliphatic heterocycles. The van der Waals surface area contributed by atoms with Gasteiger partial charge < -0.3 is 14.2 Å². The smallest absolute Gasteiger partial charge is 0.211 e. The van der Waals surface area contributed by atoms with E-state index in [0.717, 1.165) is 0 Å². The molecule has 1 aromatic heterocycles. The Morgan fingerprint density at radius 2 is 1.65 bits per heavy atom. The normalized spacial score (nSPS) is 11.4. The highest BCUT2D eigenvalue weighted by Gasteiger charge is 2.26. The lowest BCUT2D eigenvalue weighted by Crippen LogP contribution is -2.06. The molecule has 0 amide bonds. The van der Waals surface area contributed by atoms with Crippen LogP contribution in [0.5, 0.6) is 17.2 Å². The molecule has 0 N–H and O–H groups in total. The van der Waals surface area contributed by atoms with Crippen LogP contribution in [0.25, 0.3) is 10.9 Å². The van der Waals surface area contributed by atoms with E-state index in [9.17, 15) is 8.42 Å². The fraction of sp³-hybridized carbons (Fsp3) is 0.167. The van der Waals surface area contributed by atoms with E-state index in [1.54, 1.807) is 18.2 Å². The molecule has 2 aromatic carbocycles. The first-order valence-electron chi connectivity index (χ1n) is 7.51. The van der Waals surface area contributed by atoms with Crippen LogP contribution in [-0.4, -0.2) is 34.7 Å². The third kappa shape index (κ3) is 3.04.